The van der Waals surface area contributed by atoms with E-state index in [9.17, 15) is 17.6 Å². The smallest absolute Gasteiger partial charge is 0.243 e. The van der Waals surface area contributed by atoms with Crippen LogP contribution in [0.3, 0.4) is 0 Å². The zero-order valence-electron chi connectivity index (χ0n) is 15.4. The van der Waals surface area contributed by atoms with Crippen LogP contribution >= 0.6 is 11.6 Å². The molecule has 0 radical (unpaired) electrons. The Kier molecular flexibility index (Phi) is 6.37. The normalized spacial score (nSPS) is 17.2. The molecule has 1 unspecified atom stereocenters. The third-order valence-corrected chi connectivity index (χ3v) is 7.17. The van der Waals surface area contributed by atoms with Gasteiger partial charge in [0, 0.05) is 24.0 Å². The van der Waals surface area contributed by atoms with Crippen molar-refractivity contribution in [2.75, 3.05) is 13.1 Å². The maximum Gasteiger partial charge on any atom is 0.243 e. The van der Waals surface area contributed by atoms with Gasteiger partial charge in [-0.1, -0.05) is 23.7 Å². The molecule has 1 amide bonds. The van der Waals surface area contributed by atoms with E-state index in [1.807, 2.05) is 6.92 Å². The Hall–Kier alpha value is -1.96. The summed E-state index contributed by atoms with van der Waals surface area (Å²) in [6, 6.07) is 11.8. The number of carbonyl (C=O) groups excluding carboxylic acids is 1. The van der Waals surface area contributed by atoms with Crippen LogP contribution in [-0.2, 0) is 14.8 Å². The second-order valence-corrected chi connectivity index (χ2v) is 9.29. The van der Waals surface area contributed by atoms with Crippen LogP contribution in [0.1, 0.15) is 31.4 Å². The first-order valence-corrected chi connectivity index (χ1v) is 10.9. The van der Waals surface area contributed by atoms with Gasteiger partial charge >= 0.3 is 0 Å². The van der Waals surface area contributed by atoms with Crippen LogP contribution in [0.2, 0.25) is 5.02 Å². The Morgan fingerprint density at radius 1 is 1.11 bits per heavy atom. The molecule has 1 heterocycles. The Morgan fingerprint density at radius 3 is 2.25 bits per heavy atom. The SMILES string of the molecule is CC(NC(=O)C1CCN(S(=O)(=O)c2ccc(Cl)cc2)CC1)c1ccc(F)cc1. The van der Waals surface area contributed by atoms with E-state index in [2.05, 4.69) is 5.32 Å². The van der Waals surface area contributed by atoms with Crippen LogP contribution in [0.5, 0.6) is 0 Å². The molecule has 3 rings (SSSR count). The molecule has 1 saturated heterocycles. The number of hydrogen-bond acceptors (Lipinski definition) is 3. The van der Waals surface area contributed by atoms with E-state index in [4.69, 9.17) is 11.6 Å². The fourth-order valence-electron chi connectivity index (χ4n) is 3.28. The van der Waals surface area contributed by atoms with Gasteiger partial charge in [-0.2, -0.15) is 4.31 Å². The first-order chi connectivity index (χ1) is 13.3. The van der Waals surface area contributed by atoms with Crippen molar-refractivity contribution in [2.24, 2.45) is 5.92 Å². The summed E-state index contributed by atoms with van der Waals surface area (Å²) >= 11 is 5.82. The fourth-order valence-corrected chi connectivity index (χ4v) is 4.88. The van der Waals surface area contributed by atoms with Crippen molar-refractivity contribution < 1.29 is 17.6 Å². The molecule has 150 valence electrons. The zero-order valence-corrected chi connectivity index (χ0v) is 17.0. The molecule has 5 nitrogen and oxygen atoms in total. The molecule has 2 aromatic carbocycles. The molecule has 1 atom stereocenters. The number of rotatable bonds is 5. The van der Waals surface area contributed by atoms with E-state index in [1.54, 1.807) is 24.3 Å². The second kappa shape index (κ2) is 8.59. The zero-order chi connectivity index (χ0) is 20.3. The van der Waals surface area contributed by atoms with E-state index in [0.29, 0.717) is 17.9 Å². The second-order valence-electron chi connectivity index (χ2n) is 6.91. The van der Waals surface area contributed by atoms with Gasteiger partial charge in [0.1, 0.15) is 5.82 Å². The van der Waals surface area contributed by atoms with Gasteiger partial charge < -0.3 is 5.32 Å². The highest BCUT2D eigenvalue weighted by Crippen LogP contribution is 2.25. The predicted octanol–water partition coefficient (Wildman–Crippen LogP) is 3.76. The molecule has 2 aromatic rings. The third-order valence-electron chi connectivity index (χ3n) is 5.00. The highest BCUT2D eigenvalue weighted by atomic mass is 35.5. The lowest BCUT2D eigenvalue weighted by Crippen LogP contribution is -2.43. The Balaban J connectivity index is 1.57. The minimum Gasteiger partial charge on any atom is -0.349 e. The van der Waals surface area contributed by atoms with Crippen LogP contribution in [0.25, 0.3) is 0 Å². The van der Waals surface area contributed by atoms with Crippen molar-refractivity contribution in [3.05, 3.63) is 64.9 Å². The average molecular weight is 425 g/mol. The number of hydrogen-bond donors (Lipinski definition) is 1. The van der Waals surface area contributed by atoms with Crippen molar-refractivity contribution in [2.45, 2.75) is 30.7 Å². The summed E-state index contributed by atoms with van der Waals surface area (Å²) < 4.78 is 39.9. The van der Waals surface area contributed by atoms with Crippen molar-refractivity contribution in [1.29, 1.82) is 0 Å². The van der Waals surface area contributed by atoms with Crippen LogP contribution in [0, 0.1) is 11.7 Å². The van der Waals surface area contributed by atoms with Gasteiger partial charge in [0.05, 0.1) is 10.9 Å². The van der Waals surface area contributed by atoms with Crippen LogP contribution in [0.15, 0.2) is 53.4 Å². The van der Waals surface area contributed by atoms with E-state index < -0.39 is 10.0 Å². The van der Waals surface area contributed by atoms with Crippen molar-refractivity contribution in [3.8, 4) is 0 Å². The topological polar surface area (TPSA) is 66.5 Å². The maximum absolute atomic E-state index is 13.0. The summed E-state index contributed by atoms with van der Waals surface area (Å²) in [5.41, 5.74) is 0.817. The third kappa shape index (κ3) is 4.71. The van der Waals surface area contributed by atoms with Crippen LogP contribution < -0.4 is 5.32 Å². The summed E-state index contributed by atoms with van der Waals surface area (Å²) in [5.74, 6) is -0.684. The van der Waals surface area contributed by atoms with Gasteiger partial charge in [-0.05, 0) is 61.7 Å². The fraction of sp³-hybridized carbons (Fsp3) is 0.350. The van der Waals surface area contributed by atoms with E-state index in [-0.39, 0.29) is 41.7 Å². The quantitative estimate of drug-likeness (QED) is 0.794. The first kappa shape index (κ1) is 20.8. The molecule has 8 heteroatoms. The largest absolute Gasteiger partial charge is 0.349 e. The monoisotopic (exact) mass is 424 g/mol. The standard InChI is InChI=1S/C20H22ClFN2O3S/c1-14(15-2-6-18(22)7-3-15)23-20(25)16-10-12-24(13-11-16)28(26,27)19-8-4-17(21)5-9-19/h2-9,14,16H,10-13H2,1H3,(H,23,25). The van der Waals surface area contributed by atoms with Crippen molar-refractivity contribution in [1.82, 2.24) is 9.62 Å². The van der Waals surface area contributed by atoms with E-state index in [1.165, 1.54) is 28.6 Å². The molecule has 1 aliphatic heterocycles. The van der Waals surface area contributed by atoms with Gasteiger partial charge in [-0.15, -0.1) is 0 Å². The first-order valence-electron chi connectivity index (χ1n) is 9.09. The minimum atomic E-state index is -3.59. The molecule has 1 aliphatic rings. The molecule has 1 N–H and O–H groups in total. The molecule has 0 aliphatic carbocycles. The highest BCUT2D eigenvalue weighted by molar-refractivity contribution is 7.89. The summed E-state index contributed by atoms with van der Waals surface area (Å²) in [6.07, 6.45) is 0.906. The average Bonchev–Trinajstić information content (AvgIpc) is 2.69. The van der Waals surface area contributed by atoms with Crippen molar-refractivity contribution in [3.63, 3.8) is 0 Å². The number of amides is 1. The van der Waals surface area contributed by atoms with Gasteiger partial charge in [-0.25, -0.2) is 12.8 Å². The molecule has 0 saturated carbocycles. The minimum absolute atomic E-state index is 0.111. The number of piperidine rings is 1. The molecule has 0 spiro atoms. The lowest BCUT2D eigenvalue weighted by Gasteiger charge is -2.31. The maximum atomic E-state index is 13.0. The number of carbonyl (C=O) groups is 1. The molecular weight excluding hydrogens is 403 g/mol. The molecule has 0 aromatic heterocycles. The molecular formula is C20H22ClFN2O3S. The van der Waals surface area contributed by atoms with Gasteiger partial charge in [0.15, 0.2) is 0 Å². The number of benzene rings is 2. The summed E-state index contributed by atoms with van der Waals surface area (Å²) in [6.45, 7) is 2.41. The Morgan fingerprint density at radius 2 is 1.68 bits per heavy atom. The lowest BCUT2D eigenvalue weighted by atomic mass is 9.96. The predicted molar refractivity (Wildman–Crippen MR) is 106 cm³/mol. The van der Waals surface area contributed by atoms with Gasteiger partial charge in [-0.3, -0.25) is 4.79 Å². The van der Waals surface area contributed by atoms with E-state index >= 15 is 0 Å². The number of halogens is 2. The summed E-state index contributed by atoms with van der Waals surface area (Å²) in [7, 11) is -3.59. The molecule has 28 heavy (non-hydrogen) atoms. The van der Waals surface area contributed by atoms with Gasteiger partial charge in [0.25, 0.3) is 0 Å². The Labute approximate surface area is 169 Å². The van der Waals surface area contributed by atoms with Gasteiger partial charge in [0.2, 0.25) is 15.9 Å². The lowest BCUT2D eigenvalue weighted by molar-refractivity contribution is -0.126. The van der Waals surface area contributed by atoms with Crippen LogP contribution in [-0.4, -0.2) is 31.7 Å². The summed E-state index contributed by atoms with van der Waals surface area (Å²) in [4.78, 5) is 12.7. The number of nitrogens with one attached hydrogen (secondary N) is 1. The number of sulfonamides is 1. The summed E-state index contributed by atoms with van der Waals surface area (Å²) in [5, 5.41) is 3.41. The highest BCUT2D eigenvalue weighted by Gasteiger charge is 2.32. The number of nitrogens with zero attached hydrogens (tertiary/aromatic N) is 1. The Bertz CT molecular complexity index is 925. The molecule has 1 fully saturated rings. The molecule has 0 bridgehead atoms. The van der Waals surface area contributed by atoms with Crippen molar-refractivity contribution >= 4 is 27.5 Å². The van der Waals surface area contributed by atoms with E-state index in [0.717, 1.165) is 5.56 Å². The van der Waals surface area contributed by atoms with Crippen LogP contribution in [0.4, 0.5) is 4.39 Å².